The summed E-state index contributed by atoms with van der Waals surface area (Å²) in [7, 11) is 3.06. The second-order valence-corrected chi connectivity index (χ2v) is 7.98. The minimum atomic E-state index is -0.364. The first-order valence-electron chi connectivity index (χ1n) is 8.79. The van der Waals surface area contributed by atoms with Crippen molar-refractivity contribution < 1.29 is 18.7 Å². The van der Waals surface area contributed by atoms with E-state index in [2.05, 4.69) is 26.0 Å². The van der Waals surface area contributed by atoms with Gasteiger partial charge in [0.15, 0.2) is 11.5 Å². The normalized spacial score (nSPS) is 11.2. The van der Waals surface area contributed by atoms with E-state index in [4.69, 9.17) is 13.9 Å². The summed E-state index contributed by atoms with van der Waals surface area (Å²) < 4.78 is 17.7. The van der Waals surface area contributed by atoms with Crippen LogP contribution >= 0.6 is 27.3 Å². The lowest BCUT2D eigenvalue weighted by Gasteiger charge is -2.15. The van der Waals surface area contributed by atoms with E-state index < -0.39 is 0 Å². The number of fused-ring (bicyclic) bond motifs is 1. The Morgan fingerprint density at radius 1 is 1.17 bits per heavy atom. The van der Waals surface area contributed by atoms with Crippen LogP contribution in [0.2, 0.25) is 0 Å². The predicted molar refractivity (Wildman–Crippen MR) is 120 cm³/mol. The number of aromatic nitrogens is 1. The molecule has 0 radical (unpaired) electrons. The predicted octanol–water partition coefficient (Wildman–Crippen LogP) is 5.35. The van der Waals surface area contributed by atoms with Crippen molar-refractivity contribution in [1.82, 2.24) is 4.98 Å². The van der Waals surface area contributed by atoms with E-state index in [0.29, 0.717) is 28.0 Å². The van der Waals surface area contributed by atoms with E-state index >= 15 is 0 Å². The number of furan rings is 1. The van der Waals surface area contributed by atoms with Crippen LogP contribution < -0.4 is 14.5 Å². The van der Waals surface area contributed by atoms with Gasteiger partial charge in [0, 0.05) is 10.0 Å². The van der Waals surface area contributed by atoms with Gasteiger partial charge in [0.05, 0.1) is 36.9 Å². The number of benzene rings is 2. The van der Waals surface area contributed by atoms with Crippen LogP contribution in [0, 0.1) is 0 Å². The third-order valence-electron chi connectivity index (χ3n) is 4.19. The summed E-state index contributed by atoms with van der Waals surface area (Å²) in [6, 6.07) is 14.2. The number of carbonyl (C=O) groups excluding carboxylic acids is 1. The zero-order chi connectivity index (χ0) is 21.1. The number of nitrogens with zero attached hydrogens (tertiary/aromatic N) is 3. The highest BCUT2D eigenvalue weighted by Crippen LogP contribution is 2.33. The van der Waals surface area contributed by atoms with Gasteiger partial charge in [-0.2, -0.15) is 10.1 Å². The molecule has 0 aliphatic carbocycles. The quantitative estimate of drug-likeness (QED) is 0.271. The molecule has 2 aromatic heterocycles. The molecule has 9 heteroatoms. The standard InChI is InChI=1S/C21H16BrN3O4S/c1-27-17-8-5-13(10-18(17)28-2)20(26)25(23-12-15-4-3-9-29-15)21-24-16-7-6-14(22)11-19(16)30-21/h3-12H,1-2H3/b23-12+. The van der Waals surface area contributed by atoms with E-state index in [1.807, 2.05) is 18.2 Å². The largest absolute Gasteiger partial charge is 0.493 e. The van der Waals surface area contributed by atoms with Crippen molar-refractivity contribution in [3.05, 3.63) is 70.6 Å². The minimum Gasteiger partial charge on any atom is -0.493 e. The SMILES string of the molecule is COc1ccc(C(=O)N(/N=C/c2ccco2)c2nc3ccc(Br)cc3s2)cc1OC. The van der Waals surface area contributed by atoms with Crippen LogP contribution in [0.25, 0.3) is 10.2 Å². The molecule has 0 bridgehead atoms. The maximum Gasteiger partial charge on any atom is 0.280 e. The number of ether oxygens (including phenoxy) is 2. The number of hydrogen-bond donors (Lipinski definition) is 0. The molecule has 7 nitrogen and oxygen atoms in total. The highest BCUT2D eigenvalue weighted by Gasteiger charge is 2.22. The Hall–Kier alpha value is -3.17. The van der Waals surface area contributed by atoms with Gasteiger partial charge in [-0.05, 0) is 48.5 Å². The molecular weight excluding hydrogens is 470 g/mol. The number of thiazole rings is 1. The van der Waals surface area contributed by atoms with Crippen LogP contribution in [0.5, 0.6) is 11.5 Å². The minimum absolute atomic E-state index is 0.364. The second-order valence-electron chi connectivity index (χ2n) is 6.06. The first-order valence-corrected chi connectivity index (χ1v) is 10.4. The Balaban J connectivity index is 1.77. The van der Waals surface area contributed by atoms with E-state index in [-0.39, 0.29) is 5.91 Å². The molecule has 0 aliphatic rings. The average molecular weight is 486 g/mol. The highest BCUT2D eigenvalue weighted by molar-refractivity contribution is 9.10. The van der Waals surface area contributed by atoms with Gasteiger partial charge in [0.25, 0.3) is 5.91 Å². The van der Waals surface area contributed by atoms with E-state index in [1.165, 1.54) is 35.9 Å². The van der Waals surface area contributed by atoms with Crippen LogP contribution in [0.1, 0.15) is 16.1 Å². The van der Waals surface area contributed by atoms with E-state index in [1.54, 1.807) is 37.4 Å². The van der Waals surface area contributed by atoms with Crippen molar-refractivity contribution >= 4 is 54.7 Å². The van der Waals surface area contributed by atoms with Crippen LogP contribution in [0.3, 0.4) is 0 Å². The molecule has 0 aliphatic heterocycles. The Morgan fingerprint density at radius 3 is 2.73 bits per heavy atom. The fourth-order valence-corrected chi connectivity index (χ4v) is 4.21. The summed E-state index contributed by atoms with van der Waals surface area (Å²) in [4.78, 5) is 17.9. The van der Waals surface area contributed by atoms with Crippen LogP contribution in [-0.2, 0) is 0 Å². The Kier molecular flexibility index (Phi) is 5.82. The maximum atomic E-state index is 13.4. The third kappa shape index (κ3) is 4.07. The Labute approximate surface area is 184 Å². The molecule has 30 heavy (non-hydrogen) atoms. The molecular formula is C21H16BrN3O4S. The molecule has 0 saturated carbocycles. The molecule has 0 unspecified atom stereocenters. The van der Waals surface area contributed by atoms with Crippen molar-refractivity contribution in [2.24, 2.45) is 5.10 Å². The van der Waals surface area contributed by atoms with Gasteiger partial charge in [-0.25, -0.2) is 4.98 Å². The number of rotatable bonds is 6. The first-order chi connectivity index (χ1) is 14.6. The molecule has 152 valence electrons. The second kappa shape index (κ2) is 8.68. The van der Waals surface area contributed by atoms with Gasteiger partial charge < -0.3 is 13.9 Å². The number of carbonyl (C=O) groups is 1. The molecule has 0 N–H and O–H groups in total. The summed E-state index contributed by atoms with van der Waals surface area (Å²) in [5.74, 6) is 1.14. The summed E-state index contributed by atoms with van der Waals surface area (Å²) in [5.41, 5.74) is 1.15. The number of anilines is 1. The molecule has 4 aromatic rings. The maximum absolute atomic E-state index is 13.4. The molecule has 0 spiro atoms. The van der Waals surface area contributed by atoms with E-state index in [9.17, 15) is 4.79 Å². The first kappa shape index (κ1) is 20.1. The molecule has 0 fully saturated rings. The topological polar surface area (TPSA) is 77.2 Å². The third-order valence-corrected chi connectivity index (χ3v) is 5.67. The highest BCUT2D eigenvalue weighted by atomic mass is 79.9. The number of hydrazone groups is 1. The van der Waals surface area contributed by atoms with Crippen molar-refractivity contribution in [3.8, 4) is 11.5 Å². The molecule has 2 heterocycles. The molecule has 0 saturated heterocycles. The van der Waals surface area contributed by atoms with Gasteiger partial charge in [-0.1, -0.05) is 27.3 Å². The smallest absolute Gasteiger partial charge is 0.280 e. The summed E-state index contributed by atoms with van der Waals surface area (Å²) in [6.07, 6.45) is 3.01. The van der Waals surface area contributed by atoms with Gasteiger partial charge in [0.2, 0.25) is 5.13 Å². The van der Waals surface area contributed by atoms with Crippen molar-refractivity contribution in [2.75, 3.05) is 19.2 Å². The molecule has 4 rings (SSSR count). The van der Waals surface area contributed by atoms with Gasteiger partial charge in [-0.3, -0.25) is 4.79 Å². The number of hydrogen-bond acceptors (Lipinski definition) is 7. The summed E-state index contributed by atoms with van der Waals surface area (Å²) in [5, 5.41) is 6.05. The Morgan fingerprint density at radius 2 is 2.00 bits per heavy atom. The van der Waals surface area contributed by atoms with Crippen molar-refractivity contribution in [1.29, 1.82) is 0 Å². The summed E-state index contributed by atoms with van der Waals surface area (Å²) in [6.45, 7) is 0. The van der Waals surface area contributed by atoms with E-state index in [0.717, 1.165) is 14.7 Å². The molecule has 2 aromatic carbocycles. The zero-order valence-corrected chi connectivity index (χ0v) is 18.4. The van der Waals surface area contributed by atoms with Gasteiger partial charge in [0.1, 0.15) is 5.76 Å². The van der Waals surface area contributed by atoms with Gasteiger partial charge >= 0.3 is 0 Å². The van der Waals surface area contributed by atoms with Crippen LogP contribution in [0.15, 0.2) is 68.8 Å². The fourth-order valence-electron chi connectivity index (χ4n) is 2.74. The lowest BCUT2D eigenvalue weighted by atomic mass is 10.2. The lowest BCUT2D eigenvalue weighted by Crippen LogP contribution is -2.25. The van der Waals surface area contributed by atoms with Crippen molar-refractivity contribution in [3.63, 3.8) is 0 Å². The monoisotopic (exact) mass is 485 g/mol. The lowest BCUT2D eigenvalue weighted by molar-refractivity contribution is 0.0987. The van der Waals surface area contributed by atoms with Gasteiger partial charge in [-0.15, -0.1) is 0 Å². The average Bonchev–Trinajstić information content (AvgIpc) is 3.42. The number of methoxy groups -OCH3 is 2. The number of amides is 1. The van der Waals surface area contributed by atoms with Crippen LogP contribution in [0.4, 0.5) is 5.13 Å². The molecule has 1 amide bonds. The Bertz CT molecular complexity index is 1220. The zero-order valence-electron chi connectivity index (χ0n) is 16.0. The van der Waals surface area contributed by atoms with Crippen molar-refractivity contribution in [2.45, 2.75) is 0 Å². The fraction of sp³-hybridized carbons (Fsp3) is 0.0952. The molecule has 0 atom stereocenters. The number of halogens is 1. The van der Waals surface area contributed by atoms with Crippen LogP contribution in [-0.4, -0.2) is 31.3 Å². The summed E-state index contributed by atoms with van der Waals surface area (Å²) >= 11 is 4.82.